The molecule has 5 rings (SSSR count). The van der Waals surface area contributed by atoms with E-state index in [-0.39, 0.29) is 11.6 Å². The molecule has 7 nitrogen and oxygen atoms in total. The van der Waals surface area contributed by atoms with Crippen LogP contribution < -0.4 is 10.1 Å². The van der Waals surface area contributed by atoms with Crippen molar-refractivity contribution in [1.82, 2.24) is 5.32 Å². The van der Waals surface area contributed by atoms with Gasteiger partial charge in [-0.2, -0.15) is 0 Å². The van der Waals surface area contributed by atoms with Crippen LogP contribution in [0.5, 0.6) is 5.75 Å². The summed E-state index contributed by atoms with van der Waals surface area (Å²) in [6.45, 7) is 0.794. The Labute approximate surface area is 225 Å². The molecule has 1 amide bonds. The molecule has 1 heterocycles. The molecule has 3 aromatic carbocycles. The summed E-state index contributed by atoms with van der Waals surface area (Å²) in [5.41, 5.74) is 4.72. The highest BCUT2D eigenvalue weighted by Gasteiger charge is 2.25. The fourth-order valence-corrected chi connectivity index (χ4v) is 5.64. The van der Waals surface area contributed by atoms with Crippen molar-refractivity contribution in [3.8, 4) is 5.75 Å². The molecule has 4 aromatic rings. The zero-order valence-electron chi connectivity index (χ0n) is 20.8. The van der Waals surface area contributed by atoms with E-state index in [9.17, 15) is 14.9 Å². The van der Waals surface area contributed by atoms with Crippen molar-refractivity contribution in [3.05, 3.63) is 122 Å². The zero-order chi connectivity index (χ0) is 26.3. The van der Waals surface area contributed by atoms with E-state index >= 15 is 0 Å². The van der Waals surface area contributed by atoms with Crippen molar-refractivity contribution < 1.29 is 14.5 Å². The van der Waals surface area contributed by atoms with Gasteiger partial charge in [0.05, 0.1) is 10.5 Å². The zero-order valence-corrected chi connectivity index (χ0v) is 21.6. The van der Waals surface area contributed by atoms with Gasteiger partial charge in [0.25, 0.3) is 11.6 Å². The number of fused-ring (bicyclic) bond motifs is 1. The summed E-state index contributed by atoms with van der Waals surface area (Å²) in [7, 11) is 0. The van der Waals surface area contributed by atoms with Crippen LogP contribution in [0.15, 0.2) is 83.9 Å². The number of nitro benzene ring substituents is 1. The summed E-state index contributed by atoms with van der Waals surface area (Å²) < 4.78 is 5.81. The summed E-state index contributed by atoms with van der Waals surface area (Å²) in [5, 5.41) is 14.6. The van der Waals surface area contributed by atoms with Gasteiger partial charge in [0.2, 0.25) is 0 Å². The predicted molar refractivity (Wildman–Crippen MR) is 150 cm³/mol. The van der Waals surface area contributed by atoms with Crippen LogP contribution in [-0.4, -0.2) is 17.0 Å². The van der Waals surface area contributed by atoms with Gasteiger partial charge in [-0.3, -0.25) is 14.9 Å². The van der Waals surface area contributed by atoms with Crippen LogP contribution in [0.1, 0.15) is 50.3 Å². The summed E-state index contributed by atoms with van der Waals surface area (Å²) in [6.07, 6.45) is 5.92. The minimum absolute atomic E-state index is 0.0563. The number of nitrogens with zero attached hydrogens (tertiary/aromatic N) is 2. The first-order valence-corrected chi connectivity index (χ1v) is 13.4. The van der Waals surface area contributed by atoms with E-state index in [1.165, 1.54) is 17.0 Å². The number of nitrogens with one attached hydrogen (secondary N) is 1. The SMILES string of the molecule is O=C(NCc1ccccc1)c1c(/N=C\c2ccc(OCc3ccc([N+](=O)[O-])cc3)cc2)sc2c1CCCC2. The van der Waals surface area contributed by atoms with Crippen molar-refractivity contribution in [2.24, 2.45) is 4.99 Å². The highest BCUT2D eigenvalue weighted by molar-refractivity contribution is 7.16. The molecule has 0 aliphatic heterocycles. The van der Waals surface area contributed by atoms with Gasteiger partial charge in [0.1, 0.15) is 17.4 Å². The molecule has 0 saturated heterocycles. The van der Waals surface area contributed by atoms with Crippen molar-refractivity contribution in [2.45, 2.75) is 38.8 Å². The summed E-state index contributed by atoms with van der Waals surface area (Å²) in [6, 6.07) is 23.8. The van der Waals surface area contributed by atoms with E-state index in [0.29, 0.717) is 24.5 Å². The van der Waals surface area contributed by atoms with Crippen LogP contribution in [0.4, 0.5) is 10.7 Å². The maximum absolute atomic E-state index is 13.2. The van der Waals surface area contributed by atoms with Crippen molar-refractivity contribution in [2.75, 3.05) is 0 Å². The average molecular weight is 526 g/mol. The Hall–Kier alpha value is -4.30. The maximum Gasteiger partial charge on any atom is 0.269 e. The molecule has 0 fully saturated rings. The number of carbonyl (C=O) groups is 1. The maximum atomic E-state index is 13.2. The Morgan fingerprint density at radius 2 is 1.71 bits per heavy atom. The molecule has 1 aromatic heterocycles. The number of ether oxygens (including phenoxy) is 1. The Kier molecular flexibility index (Phi) is 7.89. The molecule has 192 valence electrons. The van der Waals surface area contributed by atoms with Gasteiger partial charge in [-0.25, -0.2) is 4.99 Å². The van der Waals surface area contributed by atoms with Crippen LogP contribution in [-0.2, 0) is 26.0 Å². The molecule has 8 heteroatoms. The lowest BCUT2D eigenvalue weighted by Crippen LogP contribution is -2.24. The summed E-state index contributed by atoms with van der Waals surface area (Å²) in [5.74, 6) is 0.614. The van der Waals surface area contributed by atoms with E-state index in [0.717, 1.165) is 52.9 Å². The average Bonchev–Trinajstić information content (AvgIpc) is 3.33. The third-order valence-electron chi connectivity index (χ3n) is 6.44. The topological polar surface area (TPSA) is 93.8 Å². The summed E-state index contributed by atoms with van der Waals surface area (Å²) >= 11 is 1.62. The first kappa shape index (κ1) is 25.4. The molecule has 0 saturated carbocycles. The lowest BCUT2D eigenvalue weighted by molar-refractivity contribution is -0.384. The number of non-ortho nitro benzene ring substituents is 1. The first-order chi connectivity index (χ1) is 18.6. The quantitative estimate of drug-likeness (QED) is 0.148. The molecule has 0 atom stereocenters. The second-order valence-corrected chi connectivity index (χ2v) is 10.2. The Balaban J connectivity index is 1.26. The number of hydrogen-bond donors (Lipinski definition) is 1. The number of aryl methyl sites for hydroxylation is 1. The van der Waals surface area contributed by atoms with Crippen LogP contribution in [0.3, 0.4) is 0 Å². The number of rotatable bonds is 9. The first-order valence-electron chi connectivity index (χ1n) is 12.5. The van der Waals surface area contributed by atoms with Gasteiger partial charge < -0.3 is 10.1 Å². The van der Waals surface area contributed by atoms with E-state index in [4.69, 9.17) is 9.73 Å². The highest BCUT2D eigenvalue weighted by atomic mass is 32.1. The van der Waals surface area contributed by atoms with Crippen molar-refractivity contribution in [3.63, 3.8) is 0 Å². The Bertz CT molecular complexity index is 1450. The molecular weight excluding hydrogens is 498 g/mol. The molecule has 1 N–H and O–H groups in total. The lowest BCUT2D eigenvalue weighted by atomic mass is 9.95. The number of benzene rings is 3. The Morgan fingerprint density at radius 1 is 0.974 bits per heavy atom. The third kappa shape index (κ3) is 6.15. The van der Waals surface area contributed by atoms with Crippen LogP contribution >= 0.6 is 11.3 Å². The van der Waals surface area contributed by atoms with Gasteiger partial charge in [0, 0.05) is 29.8 Å². The molecular formula is C30H27N3O4S. The van der Waals surface area contributed by atoms with Gasteiger partial charge in [-0.15, -0.1) is 11.3 Å². The smallest absolute Gasteiger partial charge is 0.269 e. The van der Waals surface area contributed by atoms with Gasteiger partial charge in [-0.05, 0) is 84.3 Å². The van der Waals surface area contributed by atoms with Gasteiger partial charge in [-0.1, -0.05) is 30.3 Å². The molecule has 1 aliphatic carbocycles. The third-order valence-corrected chi connectivity index (χ3v) is 7.64. The number of carbonyl (C=O) groups excluding carboxylic acids is 1. The van der Waals surface area contributed by atoms with Crippen LogP contribution in [0.25, 0.3) is 0 Å². The van der Waals surface area contributed by atoms with Gasteiger partial charge in [0.15, 0.2) is 0 Å². The Morgan fingerprint density at radius 3 is 2.45 bits per heavy atom. The number of nitro groups is 1. The van der Waals surface area contributed by atoms with Crippen LogP contribution in [0, 0.1) is 10.1 Å². The molecule has 0 unspecified atom stereocenters. The van der Waals surface area contributed by atoms with Crippen molar-refractivity contribution in [1.29, 1.82) is 0 Å². The largest absolute Gasteiger partial charge is 0.489 e. The predicted octanol–water partition coefficient (Wildman–Crippen LogP) is 6.79. The molecule has 0 radical (unpaired) electrons. The minimum Gasteiger partial charge on any atom is -0.489 e. The van der Waals surface area contributed by atoms with Crippen molar-refractivity contribution >= 4 is 34.1 Å². The molecule has 1 aliphatic rings. The monoisotopic (exact) mass is 525 g/mol. The fraction of sp³-hybridized carbons (Fsp3) is 0.200. The highest BCUT2D eigenvalue weighted by Crippen LogP contribution is 2.40. The number of hydrogen-bond acceptors (Lipinski definition) is 6. The van der Waals surface area contributed by atoms with Gasteiger partial charge >= 0.3 is 0 Å². The minimum atomic E-state index is -0.420. The second-order valence-electron chi connectivity index (χ2n) is 9.10. The molecule has 0 bridgehead atoms. The number of thiophene rings is 1. The van der Waals surface area contributed by atoms with E-state index in [1.54, 1.807) is 29.7 Å². The van der Waals surface area contributed by atoms with E-state index in [2.05, 4.69) is 5.32 Å². The summed E-state index contributed by atoms with van der Waals surface area (Å²) in [4.78, 5) is 29.6. The lowest BCUT2D eigenvalue weighted by Gasteiger charge is -2.12. The standard InChI is InChI=1S/C30H27N3O4S/c34-29(31-18-21-6-2-1-3-7-21)28-26-8-4-5-9-27(26)38-30(28)32-19-22-12-16-25(17-13-22)37-20-23-10-14-24(15-11-23)33(35)36/h1-3,6-7,10-17,19H,4-5,8-9,18,20H2,(H,31,34)/b32-19-. The van der Waals surface area contributed by atoms with Crippen LogP contribution in [0.2, 0.25) is 0 Å². The molecule has 0 spiro atoms. The number of amides is 1. The fourth-order valence-electron chi connectivity index (χ4n) is 4.41. The van der Waals surface area contributed by atoms with E-state index in [1.807, 2.05) is 54.6 Å². The normalized spacial score (nSPS) is 12.7. The van der Waals surface area contributed by atoms with E-state index < -0.39 is 4.92 Å². The second kappa shape index (κ2) is 11.8. The number of aliphatic imine (C=N–C) groups is 1. The molecule has 38 heavy (non-hydrogen) atoms.